The minimum atomic E-state index is 0.279. The molecule has 0 aliphatic carbocycles. The third kappa shape index (κ3) is 2.29. The van der Waals surface area contributed by atoms with Gasteiger partial charge in [0.1, 0.15) is 17.5 Å². The molecule has 0 bridgehead atoms. The Hall–Kier alpha value is -1.65. The summed E-state index contributed by atoms with van der Waals surface area (Å²) in [6, 6.07) is 1.90. The molecular weight excluding hydrogens is 204 g/mol. The SMILES string of the molecule is CCNc1cc(N2CCC(=O)C2)nc(C)n1. The smallest absolute Gasteiger partial charge is 0.153 e. The molecule has 0 unspecified atom stereocenters. The molecule has 1 N–H and O–H groups in total. The molecule has 0 saturated carbocycles. The quantitative estimate of drug-likeness (QED) is 0.823. The summed E-state index contributed by atoms with van der Waals surface area (Å²) >= 11 is 0. The van der Waals surface area contributed by atoms with Gasteiger partial charge >= 0.3 is 0 Å². The van der Waals surface area contributed by atoms with E-state index in [4.69, 9.17) is 0 Å². The molecule has 5 nitrogen and oxygen atoms in total. The van der Waals surface area contributed by atoms with Crippen LogP contribution in [0.15, 0.2) is 6.07 Å². The summed E-state index contributed by atoms with van der Waals surface area (Å²) in [6.45, 7) is 5.95. The monoisotopic (exact) mass is 220 g/mol. The second kappa shape index (κ2) is 4.47. The lowest BCUT2D eigenvalue weighted by molar-refractivity contribution is -0.116. The van der Waals surface area contributed by atoms with Crippen LogP contribution in [-0.4, -0.2) is 35.4 Å². The van der Waals surface area contributed by atoms with Crippen LogP contribution in [0.3, 0.4) is 0 Å². The molecule has 0 radical (unpaired) electrons. The van der Waals surface area contributed by atoms with Crippen LogP contribution < -0.4 is 10.2 Å². The van der Waals surface area contributed by atoms with E-state index in [2.05, 4.69) is 15.3 Å². The van der Waals surface area contributed by atoms with Crippen molar-refractivity contribution in [3.8, 4) is 0 Å². The van der Waals surface area contributed by atoms with E-state index in [1.165, 1.54) is 0 Å². The largest absolute Gasteiger partial charge is 0.370 e. The number of hydrogen-bond donors (Lipinski definition) is 1. The Bertz CT molecular complexity index is 405. The fraction of sp³-hybridized carbons (Fsp3) is 0.545. The van der Waals surface area contributed by atoms with Gasteiger partial charge in [-0.25, -0.2) is 9.97 Å². The maximum absolute atomic E-state index is 11.2. The molecule has 1 aromatic heterocycles. The Morgan fingerprint density at radius 2 is 2.31 bits per heavy atom. The molecule has 2 rings (SSSR count). The van der Waals surface area contributed by atoms with Crippen molar-refractivity contribution in [2.75, 3.05) is 29.9 Å². The van der Waals surface area contributed by atoms with Gasteiger partial charge in [-0.15, -0.1) is 0 Å². The average Bonchev–Trinajstić information content (AvgIpc) is 2.64. The lowest BCUT2D eigenvalue weighted by Crippen LogP contribution is -2.21. The number of nitrogens with one attached hydrogen (secondary N) is 1. The summed E-state index contributed by atoms with van der Waals surface area (Å²) in [7, 11) is 0. The zero-order valence-electron chi connectivity index (χ0n) is 9.66. The number of ketones is 1. The first kappa shape index (κ1) is 10.9. The van der Waals surface area contributed by atoms with Gasteiger partial charge in [0, 0.05) is 25.6 Å². The van der Waals surface area contributed by atoms with Gasteiger partial charge in [0.2, 0.25) is 0 Å². The molecule has 16 heavy (non-hydrogen) atoms. The van der Waals surface area contributed by atoms with Gasteiger partial charge in [-0.05, 0) is 13.8 Å². The molecule has 1 aliphatic rings. The molecular formula is C11H16N4O. The lowest BCUT2D eigenvalue weighted by atomic mass is 10.4. The molecule has 0 atom stereocenters. The van der Waals surface area contributed by atoms with Gasteiger partial charge in [-0.1, -0.05) is 0 Å². The summed E-state index contributed by atoms with van der Waals surface area (Å²) in [5, 5.41) is 3.16. The highest BCUT2D eigenvalue weighted by Gasteiger charge is 2.21. The van der Waals surface area contributed by atoms with E-state index in [0.29, 0.717) is 13.0 Å². The van der Waals surface area contributed by atoms with Crippen molar-refractivity contribution in [1.29, 1.82) is 0 Å². The second-order valence-corrected chi connectivity index (χ2v) is 3.90. The van der Waals surface area contributed by atoms with Crippen LogP contribution in [0.4, 0.5) is 11.6 Å². The number of carbonyl (C=O) groups is 1. The van der Waals surface area contributed by atoms with Crippen LogP contribution in [0.1, 0.15) is 19.2 Å². The average molecular weight is 220 g/mol. The zero-order valence-corrected chi connectivity index (χ0v) is 9.66. The molecule has 1 aromatic rings. The predicted molar refractivity (Wildman–Crippen MR) is 62.8 cm³/mol. The number of nitrogens with zero attached hydrogens (tertiary/aromatic N) is 3. The molecule has 2 heterocycles. The first-order valence-electron chi connectivity index (χ1n) is 5.55. The number of aromatic nitrogens is 2. The summed E-state index contributed by atoms with van der Waals surface area (Å²) < 4.78 is 0. The van der Waals surface area contributed by atoms with E-state index in [1.807, 2.05) is 24.8 Å². The standard InChI is InChI=1S/C11H16N4O/c1-3-12-10-6-11(14-8(2)13-10)15-5-4-9(16)7-15/h6H,3-5,7H2,1-2H3,(H,12,13,14). The van der Waals surface area contributed by atoms with Crippen LogP contribution in [-0.2, 0) is 4.79 Å². The van der Waals surface area contributed by atoms with Crippen molar-refractivity contribution < 1.29 is 4.79 Å². The fourth-order valence-electron chi connectivity index (χ4n) is 1.81. The summed E-state index contributed by atoms with van der Waals surface area (Å²) in [4.78, 5) is 21.9. The molecule has 1 fully saturated rings. The fourth-order valence-corrected chi connectivity index (χ4v) is 1.81. The Kier molecular flexibility index (Phi) is 3.03. The molecule has 1 aliphatic heterocycles. The first-order valence-corrected chi connectivity index (χ1v) is 5.55. The van der Waals surface area contributed by atoms with E-state index < -0.39 is 0 Å². The van der Waals surface area contributed by atoms with Crippen LogP contribution in [0.5, 0.6) is 0 Å². The summed E-state index contributed by atoms with van der Waals surface area (Å²) in [5.74, 6) is 2.67. The van der Waals surface area contributed by atoms with Crippen LogP contribution in [0.2, 0.25) is 0 Å². The van der Waals surface area contributed by atoms with E-state index in [0.717, 1.165) is 30.5 Å². The number of aryl methyl sites for hydroxylation is 1. The second-order valence-electron chi connectivity index (χ2n) is 3.90. The Balaban J connectivity index is 2.23. The van der Waals surface area contributed by atoms with Gasteiger partial charge in [-0.3, -0.25) is 4.79 Å². The van der Waals surface area contributed by atoms with Crippen molar-refractivity contribution in [3.63, 3.8) is 0 Å². The first-order chi connectivity index (χ1) is 7.69. The summed E-state index contributed by atoms with van der Waals surface area (Å²) in [6.07, 6.45) is 0.625. The third-order valence-corrected chi connectivity index (χ3v) is 2.53. The number of rotatable bonds is 3. The number of carbonyl (C=O) groups excluding carboxylic acids is 1. The van der Waals surface area contributed by atoms with E-state index in [1.54, 1.807) is 0 Å². The Morgan fingerprint density at radius 1 is 1.50 bits per heavy atom. The van der Waals surface area contributed by atoms with E-state index in [-0.39, 0.29) is 5.78 Å². The van der Waals surface area contributed by atoms with Crippen molar-refractivity contribution >= 4 is 17.4 Å². The number of hydrogen-bond acceptors (Lipinski definition) is 5. The van der Waals surface area contributed by atoms with Crippen LogP contribution in [0, 0.1) is 6.92 Å². The topological polar surface area (TPSA) is 58.1 Å². The molecule has 5 heteroatoms. The van der Waals surface area contributed by atoms with Gasteiger partial charge in [-0.2, -0.15) is 0 Å². The van der Waals surface area contributed by atoms with Crippen LogP contribution >= 0.6 is 0 Å². The van der Waals surface area contributed by atoms with Gasteiger partial charge in [0.15, 0.2) is 5.78 Å². The predicted octanol–water partition coefficient (Wildman–Crippen LogP) is 0.996. The van der Waals surface area contributed by atoms with Gasteiger partial charge in [0.25, 0.3) is 0 Å². The normalized spacial score (nSPS) is 15.6. The van der Waals surface area contributed by atoms with E-state index >= 15 is 0 Å². The van der Waals surface area contributed by atoms with Crippen molar-refractivity contribution in [3.05, 3.63) is 11.9 Å². The third-order valence-electron chi connectivity index (χ3n) is 2.53. The van der Waals surface area contributed by atoms with Gasteiger partial charge in [0.05, 0.1) is 6.54 Å². The van der Waals surface area contributed by atoms with Crippen LogP contribution in [0.25, 0.3) is 0 Å². The Labute approximate surface area is 94.9 Å². The molecule has 0 spiro atoms. The number of Topliss-reactive ketones (excluding diaryl/α,β-unsaturated/α-hetero) is 1. The minimum absolute atomic E-state index is 0.279. The molecule has 0 amide bonds. The van der Waals surface area contributed by atoms with Crippen molar-refractivity contribution in [2.24, 2.45) is 0 Å². The summed E-state index contributed by atoms with van der Waals surface area (Å²) in [5.41, 5.74) is 0. The minimum Gasteiger partial charge on any atom is -0.370 e. The highest BCUT2D eigenvalue weighted by atomic mass is 16.1. The number of anilines is 2. The Morgan fingerprint density at radius 3 is 2.94 bits per heavy atom. The maximum Gasteiger partial charge on any atom is 0.153 e. The van der Waals surface area contributed by atoms with Crippen molar-refractivity contribution in [2.45, 2.75) is 20.3 Å². The van der Waals surface area contributed by atoms with Gasteiger partial charge < -0.3 is 10.2 Å². The van der Waals surface area contributed by atoms with E-state index in [9.17, 15) is 4.79 Å². The highest BCUT2D eigenvalue weighted by molar-refractivity contribution is 5.86. The lowest BCUT2D eigenvalue weighted by Gasteiger charge is -2.16. The molecule has 86 valence electrons. The van der Waals surface area contributed by atoms with Crippen molar-refractivity contribution in [1.82, 2.24) is 9.97 Å². The molecule has 1 saturated heterocycles. The zero-order chi connectivity index (χ0) is 11.5. The highest BCUT2D eigenvalue weighted by Crippen LogP contribution is 2.19. The molecule has 0 aromatic carbocycles. The maximum atomic E-state index is 11.2.